The molecule has 0 aliphatic rings. The summed E-state index contributed by atoms with van der Waals surface area (Å²) in [5.41, 5.74) is 0. The molecule has 0 aromatic carbocycles. The van der Waals surface area contributed by atoms with E-state index in [0.717, 1.165) is 109 Å². The van der Waals surface area contributed by atoms with Gasteiger partial charge in [-0.25, -0.2) is 9.13 Å². The SMILES string of the molecule is CCCCCCCCCCCCCCCCC(=O)OC[C@H](COP(=O)(O)OC[C@@H](O)COP(=O)(O)OC[C@@H](COC(=O)CCCCCCCCC)OC(=O)CCCCCCCCCCCC)OC(=O)CCCCCCCCCCCCCCCCC(C)C. The predicted molar refractivity (Wildman–Crippen MR) is 354 cm³/mol. The fourth-order valence-electron chi connectivity index (χ4n) is 10.5. The Morgan fingerprint density at radius 3 is 0.773 bits per heavy atom. The average molecular weight is 1300 g/mol. The second kappa shape index (κ2) is 62.5. The van der Waals surface area contributed by atoms with Crippen LogP contribution in [0.1, 0.15) is 356 Å². The van der Waals surface area contributed by atoms with Crippen molar-refractivity contribution in [1.82, 2.24) is 0 Å². The summed E-state index contributed by atoms with van der Waals surface area (Å²) in [6.07, 6.45) is 48.6. The number of hydrogen-bond acceptors (Lipinski definition) is 15. The number of aliphatic hydroxyl groups excluding tert-OH is 1. The van der Waals surface area contributed by atoms with Gasteiger partial charge in [-0.3, -0.25) is 37.3 Å². The highest BCUT2D eigenvalue weighted by Crippen LogP contribution is 2.45. The fourth-order valence-corrected chi connectivity index (χ4v) is 12.0. The standard InChI is InChI=1S/C69H134O17P2/c1-6-9-12-15-18-20-22-23-27-30-34-38-43-48-53-67(72)80-59-65(86-69(74)55-50-45-40-35-31-28-25-24-26-29-32-37-41-46-51-62(4)5)61-84-88(77,78)82-57-63(70)56-81-87(75,76)83-60-64(58-79-66(71)52-47-42-36-17-14-11-8-3)85-68(73)54-49-44-39-33-21-19-16-13-10-7-2/h62-65,70H,6-61H2,1-5H3,(H,75,76)(H,77,78)/t63-,64+,65+/m0/s1. The Kier molecular flexibility index (Phi) is 61.1. The molecule has 0 saturated heterocycles. The molecular formula is C69H134O17P2. The summed E-state index contributed by atoms with van der Waals surface area (Å²) >= 11 is 0. The van der Waals surface area contributed by atoms with Gasteiger partial charge in [0.05, 0.1) is 26.4 Å². The smallest absolute Gasteiger partial charge is 0.462 e. The molecule has 17 nitrogen and oxygen atoms in total. The number of esters is 4. The summed E-state index contributed by atoms with van der Waals surface area (Å²) in [6.45, 7) is 7.22. The number of hydrogen-bond donors (Lipinski definition) is 3. The zero-order valence-corrected chi connectivity index (χ0v) is 58.6. The second-order valence-electron chi connectivity index (χ2n) is 25.4. The number of carbonyl (C=O) groups excluding carboxylic acids is 4. The van der Waals surface area contributed by atoms with Gasteiger partial charge in [-0.2, -0.15) is 0 Å². The van der Waals surface area contributed by atoms with Gasteiger partial charge in [-0.05, 0) is 31.6 Å². The lowest BCUT2D eigenvalue weighted by atomic mass is 10.0. The van der Waals surface area contributed by atoms with Gasteiger partial charge >= 0.3 is 39.5 Å². The van der Waals surface area contributed by atoms with Gasteiger partial charge < -0.3 is 33.8 Å². The van der Waals surface area contributed by atoms with Crippen molar-refractivity contribution in [3.05, 3.63) is 0 Å². The summed E-state index contributed by atoms with van der Waals surface area (Å²) in [6, 6.07) is 0. The lowest BCUT2D eigenvalue weighted by Crippen LogP contribution is -2.30. The van der Waals surface area contributed by atoms with E-state index in [-0.39, 0.29) is 25.7 Å². The van der Waals surface area contributed by atoms with Crippen LogP contribution in [0.3, 0.4) is 0 Å². The molecule has 0 fully saturated rings. The molecule has 0 aromatic heterocycles. The first-order valence-electron chi connectivity index (χ1n) is 36.1. The van der Waals surface area contributed by atoms with Crippen LogP contribution in [0.4, 0.5) is 0 Å². The van der Waals surface area contributed by atoms with Gasteiger partial charge in [0.1, 0.15) is 19.3 Å². The Morgan fingerprint density at radius 2 is 0.523 bits per heavy atom. The molecule has 0 saturated carbocycles. The van der Waals surface area contributed by atoms with Gasteiger partial charge in [-0.15, -0.1) is 0 Å². The molecule has 19 heteroatoms. The number of carbonyl (C=O) groups is 4. The average Bonchev–Trinajstić information content (AvgIpc) is 3.71. The van der Waals surface area contributed by atoms with E-state index in [1.807, 2.05) is 0 Å². The van der Waals surface area contributed by atoms with Crippen molar-refractivity contribution in [1.29, 1.82) is 0 Å². The molecule has 0 heterocycles. The molecule has 0 amide bonds. The van der Waals surface area contributed by atoms with Gasteiger partial charge in [-0.1, -0.05) is 304 Å². The van der Waals surface area contributed by atoms with E-state index >= 15 is 0 Å². The van der Waals surface area contributed by atoms with Crippen molar-refractivity contribution in [2.24, 2.45) is 5.92 Å². The van der Waals surface area contributed by atoms with Crippen LogP contribution in [0.2, 0.25) is 0 Å². The maximum atomic E-state index is 13.0. The third-order valence-electron chi connectivity index (χ3n) is 16.0. The molecule has 522 valence electrons. The summed E-state index contributed by atoms with van der Waals surface area (Å²) in [4.78, 5) is 72.3. The highest BCUT2D eigenvalue weighted by atomic mass is 31.2. The second-order valence-corrected chi connectivity index (χ2v) is 28.3. The van der Waals surface area contributed by atoms with E-state index in [0.29, 0.717) is 25.7 Å². The number of phosphoric ester groups is 2. The van der Waals surface area contributed by atoms with E-state index in [1.165, 1.54) is 167 Å². The Morgan fingerprint density at radius 1 is 0.307 bits per heavy atom. The molecule has 0 aliphatic carbocycles. The van der Waals surface area contributed by atoms with Gasteiger partial charge in [0.25, 0.3) is 0 Å². The summed E-state index contributed by atoms with van der Waals surface area (Å²) in [5, 5.41) is 10.6. The van der Waals surface area contributed by atoms with E-state index in [4.69, 9.17) is 37.0 Å². The fraction of sp³-hybridized carbons (Fsp3) is 0.942. The highest BCUT2D eigenvalue weighted by Gasteiger charge is 2.30. The molecule has 0 aliphatic heterocycles. The Labute approximate surface area is 537 Å². The van der Waals surface area contributed by atoms with Crippen molar-refractivity contribution in [3.8, 4) is 0 Å². The third kappa shape index (κ3) is 62.8. The van der Waals surface area contributed by atoms with Crippen LogP contribution in [0, 0.1) is 5.92 Å². The zero-order chi connectivity index (χ0) is 64.9. The van der Waals surface area contributed by atoms with Crippen LogP contribution in [0.25, 0.3) is 0 Å². The minimum absolute atomic E-state index is 0.106. The highest BCUT2D eigenvalue weighted by molar-refractivity contribution is 7.47. The molecule has 2 unspecified atom stereocenters. The van der Waals surface area contributed by atoms with Crippen molar-refractivity contribution >= 4 is 39.5 Å². The molecule has 5 atom stereocenters. The molecular weight excluding hydrogens is 1160 g/mol. The molecule has 0 spiro atoms. The minimum atomic E-state index is -4.95. The van der Waals surface area contributed by atoms with Crippen molar-refractivity contribution in [3.63, 3.8) is 0 Å². The van der Waals surface area contributed by atoms with E-state index < -0.39 is 97.5 Å². The van der Waals surface area contributed by atoms with Gasteiger partial charge in [0.15, 0.2) is 12.2 Å². The number of unbranched alkanes of at least 4 members (excludes halogenated alkanes) is 41. The number of rotatable bonds is 69. The van der Waals surface area contributed by atoms with Crippen LogP contribution in [0.15, 0.2) is 0 Å². The van der Waals surface area contributed by atoms with Gasteiger partial charge in [0.2, 0.25) is 0 Å². The first kappa shape index (κ1) is 86.1. The number of ether oxygens (including phenoxy) is 4. The lowest BCUT2D eigenvalue weighted by molar-refractivity contribution is -0.161. The van der Waals surface area contributed by atoms with Crippen molar-refractivity contribution < 1.29 is 80.2 Å². The van der Waals surface area contributed by atoms with Crippen LogP contribution >= 0.6 is 15.6 Å². The van der Waals surface area contributed by atoms with Crippen molar-refractivity contribution in [2.45, 2.75) is 374 Å². The van der Waals surface area contributed by atoms with E-state index in [1.54, 1.807) is 0 Å². The molecule has 88 heavy (non-hydrogen) atoms. The van der Waals surface area contributed by atoms with Crippen LogP contribution in [0.5, 0.6) is 0 Å². The Hall–Kier alpha value is -1.94. The van der Waals surface area contributed by atoms with Crippen LogP contribution < -0.4 is 0 Å². The molecule has 3 N–H and O–H groups in total. The summed E-state index contributed by atoms with van der Waals surface area (Å²) < 4.78 is 68.1. The minimum Gasteiger partial charge on any atom is -0.462 e. The maximum Gasteiger partial charge on any atom is 0.472 e. The van der Waals surface area contributed by atoms with Crippen LogP contribution in [-0.4, -0.2) is 96.7 Å². The largest absolute Gasteiger partial charge is 0.472 e. The normalized spacial score (nSPS) is 14.1. The van der Waals surface area contributed by atoms with E-state index in [2.05, 4.69) is 34.6 Å². The number of phosphoric acid groups is 2. The molecule has 0 radical (unpaired) electrons. The van der Waals surface area contributed by atoms with Crippen LogP contribution in [-0.2, 0) is 65.4 Å². The summed E-state index contributed by atoms with van der Waals surface area (Å²) in [7, 11) is -9.89. The Balaban J connectivity index is 5.19. The molecule has 0 aromatic rings. The summed E-state index contributed by atoms with van der Waals surface area (Å²) in [5.74, 6) is -1.33. The molecule has 0 rings (SSSR count). The monoisotopic (exact) mass is 1300 g/mol. The quantitative estimate of drug-likeness (QED) is 0.0222. The van der Waals surface area contributed by atoms with Crippen molar-refractivity contribution in [2.75, 3.05) is 39.6 Å². The lowest BCUT2D eigenvalue weighted by Gasteiger charge is -2.21. The topological polar surface area (TPSA) is 237 Å². The third-order valence-corrected chi connectivity index (χ3v) is 17.9. The first-order valence-corrected chi connectivity index (χ1v) is 39.1. The zero-order valence-electron chi connectivity index (χ0n) is 56.9. The maximum absolute atomic E-state index is 13.0. The Bertz CT molecular complexity index is 1700. The van der Waals surface area contributed by atoms with E-state index in [9.17, 15) is 43.2 Å². The number of aliphatic hydroxyl groups is 1. The van der Waals surface area contributed by atoms with Gasteiger partial charge in [0, 0.05) is 25.7 Å². The molecule has 0 bridgehead atoms. The first-order chi connectivity index (χ1) is 42.5. The predicted octanol–water partition coefficient (Wildman–Crippen LogP) is 19.7.